The van der Waals surface area contributed by atoms with Gasteiger partial charge in [-0.1, -0.05) is 5.16 Å². The number of hydrogen-bond acceptors (Lipinski definition) is 7. The number of aromatic amines is 1. The van der Waals surface area contributed by atoms with E-state index in [1.807, 2.05) is 0 Å². The molecule has 0 spiro atoms. The molecule has 8 nitrogen and oxygen atoms in total. The second-order valence-electron chi connectivity index (χ2n) is 4.98. The van der Waals surface area contributed by atoms with Crippen LogP contribution in [0.2, 0.25) is 0 Å². The van der Waals surface area contributed by atoms with E-state index in [9.17, 15) is 9.59 Å². The Kier molecular flexibility index (Phi) is 4.17. The topological polar surface area (TPSA) is 110 Å². The smallest absolute Gasteiger partial charge is 0.354 e. The minimum absolute atomic E-state index is 0.323. The summed E-state index contributed by atoms with van der Waals surface area (Å²) in [6.45, 7) is 3.38. The fraction of sp³-hybridized carbons (Fsp3) is 0.200. The molecule has 0 fully saturated rings. The van der Waals surface area contributed by atoms with Gasteiger partial charge in [0.2, 0.25) is 0 Å². The SMILES string of the molecule is COC(=O)c1cc(-c2csc(NC(=O)c3c(C)noc3C)n2)c[nH]1. The number of ether oxygens (including phenoxy) is 1. The largest absolute Gasteiger partial charge is 0.464 e. The molecule has 2 N–H and O–H groups in total. The van der Waals surface area contributed by atoms with E-state index in [1.54, 1.807) is 31.5 Å². The Bertz CT molecular complexity index is 889. The van der Waals surface area contributed by atoms with Crippen LogP contribution in [0, 0.1) is 13.8 Å². The number of H-pyrrole nitrogens is 1. The molecule has 0 radical (unpaired) electrons. The average Bonchev–Trinajstić information content (AvgIpc) is 3.26. The Balaban J connectivity index is 1.77. The van der Waals surface area contributed by atoms with Gasteiger partial charge in [-0.15, -0.1) is 11.3 Å². The summed E-state index contributed by atoms with van der Waals surface area (Å²) in [5.41, 5.74) is 2.63. The van der Waals surface area contributed by atoms with Crippen molar-refractivity contribution in [2.45, 2.75) is 13.8 Å². The molecule has 0 saturated heterocycles. The number of methoxy groups -OCH3 is 1. The van der Waals surface area contributed by atoms with Gasteiger partial charge < -0.3 is 14.2 Å². The molecule has 0 unspecified atom stereocenters. The minimum atomic E-state index is -0.455. The second kappa shape index (κ2) is 6.28. The van der Waals surface area contributed by atoms with Crippen molar-refractivity contribution >= 4 is 28.3 Å². The molecule has 0 aliphatic rings. The monoisotopic (exact) mass is 346 g/mol. The number of aryl methyl sites for hydroxylation is 2. The van der Waals surface area contributed by atoms with Gasteiger partial charge in [0.05, 0.1) is 18.5 Å². The molecule has 0 aliphatic heterocycles. The summed E-state index contributed by atoms with van der Waals surface area (Å²) >= 11 is 1.28. The molecule has 124 valence electrons. The van der Waals surface area contributed by atoms with E-state index in [2.05, 4.69) is 25.2 Å². The molecule has 0 bridgehead atoms. The number of aromatic nitrogens is 3. The van der Waals surface area contributed by atoms with Crippen molar-refractivity contribution in [1.82, 2.24) is 15.1 Å². The predicted octanol–water partition coefficient (Wildman–Crippen LogP) is 2.78. The number of nitrogens with one attached hydrogen (secondary N) is 2. The van der Waals surface area contributed by atoms with Crippen molar-refractivity contribution in [3.63, 3.8) is 0 Å². The molecule has 0 aliphatic carbocycles. The third-order valence-corrected chi connectivity index (χ3v) is 4.13. The zero-order chi connectivity index (χ0) is 17.3. The highest BCUT2D eigenvalue weighted by atomic mass is 32.1. The van der Waals surface area contributed by atoms with E-state index in [-0.39, 0.29) is 5.91 Å². The summed E-state index contributed by atoms with van der Waals surface area (Å²) in [4.78, 5) is 30.9. The van der Waals surface area contributed by atoms with Crippen LogP contribution in [-0.4, -0.2) is 34.1 Å². The Morgan fingerprint density at radius 2 is 2.17 bits per heavy atom. The number of carbonyl (C=O) groups excluding carboxylic acids is 2. The van der Waals surface area contributed by atoms with Crippen LogP contribution < -0.4 is 5.32 Å². The van der Waals surface area contributed by atoms with Crippen molar-refractivity contribution < 1.29 is 18.8 Å². The van der Waals surface area contributed by atoms with Gasteiger partial charge in [0, 0.05) is 17.1 Å². The first-order valence-electron chi connectivity index (χ1n) is 6.96. The maximum atomic E-state index is 12.3. The average molecular weight is 346 g/mol. The van der Waals surface area contributed by atoms with E-state index < -0.39 is 5.97 Å². The third kappa shape index (κ3) is 2.93. The number of rotatable bonds is 4. The van der Waals surface area contributed by atoms with Crippen molar-refractivity contribution in [3.05, 3.63) is 40.4 Å². The number of carbonyl (C=O) groups is 2. The Morgan fingerprint density at radius 3 is 2.83 bits per heavy atom. The summed E-state index contributed by atoms with van der Waals surface area (Å²) in [5, 5.41) is 8.71. The normalized spacial score (nSPS) is 10.6. The molecule has 1 amide bonds. The lowest BCUT2D eigenvalue weighted by Crippen LogP contribution is -2.13. The lowest BCUT2D eigenvalue weighted by Gasteiger charge is -2.00. The van der Waals surface area contributed by atoms with Crippen LogP contribution in [0.4, 0.5) is 5.13 Å². The van der Waals surface area contributed by atoms with Gasteiger partial charge in [0.25, 0.3) is 5.91 Å². The number of esters is 1. The van der Waals surface area contributed by atoms with Crippen molar-refractivity contribution in [3.8, 4) is 11.3 Å². The zero-order valence-electron chi connectivity index (χ0n) is 13.2. The maximum absolute atomic E-state index is 12.3. The van der Waals surface area contributed by atoms with Gasteiger partial charge in [-0.3, -0.25) is 10.1 Å². The molecule has 24 heavy (non-hydrogen) atoms. The van der Waals surface area contributed by atoms with Crippen molar-refractivity contribution in [1.29, 1.82) is 0 Å². The summed E-state index contributed by atoms with van der Waals surface area (Å²) in [6.07, 6.45) is 1.65. The lowest BCUT2D eigenvalue weighted by atomic mass is 10.2. The first-order valence-corrected chi connectivity index (χ1v) is 7.84. The molecule has 3 aromatic rings. The highest BCUT2D eigenvalue weighted by Crippen LogP contribution is 2.26. The zero-order valence-corrected chi connectivity index (χ0v) is 14.0. The van der Waals surface area contributed by atoms with E-state index >= 15 is 0 Å². The van der Waals surface area contributed by atoms with Crippen LogP contribution in [0.5, 0.6) is 0 Å². The van der Waals surface area contributed by atoms with Crippen LogP contribution in [0.25, 0.3) is 11.3 Å². The molecule has 3 heterocycles. The van der Waals surface area contributed by atoms with Crippen LogP contribution in [-0.2, 0) is 4.74 Å². The van der Waals surface area contributed by atoms with Crippen LogP contribution in [0.15, 0.2) is 22.2 Å². The Hall–Kier alpha value is -2.94. The number of hydrogen-bond donors (Lipinski definition) is 2. The lowest BCUT2D eigenvalue weighted by molar-refractivity contribution is 0.0594. The summed E-state index contributed by atoms with van der Waals surface area (Å²) in [5.74, 6) is -0.324. The molecule has 3 aromatic heterocycles. The van der Waals surface area contributed by atoms with Crippen LogP contribution in [0.1, 0.15) is 32.3 Å². The highest BCUT2D eigenvalue weighted by molar-refractivity contribution is 7.14. The van der Waals surface area contributed by atoms with E-state index in [0.717, 1.165) is 5.56 Å². The summed E-state index contributed by atoms with van der Waals surface area (Å²) in [7, 11) is 1.31. The van der Waals surface area contributed by atoms with Gasteiger partial charge in [0.15, 0.2) is 5.13 Å². The standard InChI is InChI=1S/C15H14N4O4S/c1-7-12(8(2)23-19-7)13(20)18-15-17-11(6-24-15)9-4-10(16-5-9)14(21)22-3/h4-6,16H,1-3H3,(H,17,18,20). The summed E-state index contributed by atoms with van der Waals surface area (Å²) in [6, 6.07) is 1.64. The number of thiazole rings is 1. The van der Waals surface area contributed by atoms with Crippen molar-refractivity contribution in [2.24, 2.45) is 0 Å². The van der Waals surface area contributed by atoms with Gasteiger partial charge in [-0.2, -0.15) is 0 Å². The van der Waals surface area contributed by atoms with E-state index in [1.165, 1.54) is 18.4 Å². The molecule has 0 saturated carbocycles. The predicted molar refractivity (Wildman–Crippen MR) is 87.2 cm³/mol. The molecular weight excluding hydrogens is 332 g/mol. The highest BCUT2D eigenvalue weighted by Gasteiger charge is 2.19. The fourth-order valence-corrected chi connectivity index (χ4v) is 2.92. The number of anilines is 1. The Labute approximate surface area is 140 Å². The molecule has 0 aromatic carbocycles. The maximum Gasteiger partial charge on any atom is 0.354 e. The number of amides is 1. The van der Waals surface area contributed by atoms with Gasteiger partial charge >= 0.3 is 5.97 Å². The molecule has 9 heteroatoms. The van der Waals surface area contributed by atoms with Gasteiger partial charge in [0.1, 0.15) is 17.0 Å². The minimum Gasteiger partial charge on any atom is -0.464 e. The Morgan fingerprint density at radius 1 is 1.38 bits per heavy atom. The molecule has 0 atom stereocenters. The second-order valence-corrected chi connectivity index (χ2v) is 5.84. The quantitative estimate of drug-likeness (QED) is 0.703. The number of nitrogens with zero attached hydrogens (tertiary/aromatic N) is 2. The summed E-state index contributed by atoms with van der Waals surface area (Å²) < 4.78 is 9.64. The third-order valence-electron chi connectivity index (χ3n) is 3.37. The van der Waals surface area contributed by atoms with Gasteiger partial charge in [-0.05, 0) is 19.9 Å². The van der Waals surface area contributed by atoms with Crippen LogP contribution in [0.3, 0.4) is 0 Å². The molecule has 3 rings (SSSR count). The van der Waals surface area contributed by atoms with E-state index in [4.69, 9.17) is 4.52 Å². The first kappa shape index (κ1) is 15.9. The first-order chi connectivity index (χ1) is 11.5. The molecular formula is C15H14N4O4S. The van der Waals surface area contributed by atoms with Crippen LogP contribution >= 0.6 is 11.3 Å². The van der Waals surface area contributed by atoms with E-state index in [0.29, 0.717) is 33.5 Å². The van der Waals surface area contributed by atoms with Crippen molar-refractivity contribution in [2.75, 3.05) is 12.4 Å². The fourth-order valence-electron chi connectivity index (χ4n) is 2.20. The van der Waals surface area contributed by atoms with Gasteiger partial charge in [-0.25, -0.2) is 9.78 Å².